The first kappa shape index (κ1) is 14.8. The number of thiophene rings is 1. The lowest BCUT2D eigenvalue weighted by molar-refractivity contribution is 0.293. The summed E-state index contributed by atoms with van der Waals surface area (Å²) in [6.07, 6.45) is 1.87. The van der Waals surface area contributed by atoms with Crippen LogP contribution in [0.3, 0.4) is 0 Å². The molecular formula is C15H21N3OS. The summed E-state index contributed by atoms with van der Waals surface area (Å²) in [5, 5.41) is 5.40. The minimum absolute atomic E-state index is 0.561. The second-order valence-corrected chi connectivity index (χ2v) is 5.60. The van der Waals surface area contributed by atoms with Crippen LogP contribution in [0.15, 0.2) is 17.5 Å². The van der Waals surface area contributed by atoms with Crippen molar-refractivity contribution in [3.63, 3.8) is 0 Å². The molecule has 2 rings (SSSR count). The van der Waals surface area contributed by atoms with Crippen molar-refractivity contribution >= 4 is 17.2 Å². The van der Waals surface area contributed by atoms with E-state index in [1.165, 1.54) is 4.88 Å². The number of aromatic nitrogens is 2. The second kappa shape index (κ2) is 7.24. The van der Waals surface area contributed by atoms with E-state index in [0.29, 0.717) is 12.5 Å². The molecule has 108 valence electrons. The van der Waals surface area contributed by atoms with Gasteiger partial charge in [0.2, 0.25) is 5.88 Å². The molecule has 2 aromatic heterocycles. The Morgan fingerprint density at radius 1 is 1.30 bits per heavy atom. The summed E-state index contributed by atoms with van der Waals surface area (Å²) in [6, 6.07) is 4.10. The number of anilines is 1. The number of hydrogen-bond acceptors (Lipinski definition) is 5. The summed E-state index contributed by atoms with van der Waals surface area (Å²) in [4.78, 5) is 10.2. The van der Waals surface area contributed by atoms with E-state index in [1.54, 1.807) is 11.3 Å². The number of nitrogens with one attached hydrogen (secondary N) is 1. The SMILES string of the molecule is CCCNc1nc(CC)nc(OCc2cccs2)c1C. The highest BCUT2D eigenvalue weighted by Gasteiger charge is 2.11. The summed E-state index contributed by atoms with van der Waals surface area (Å²) >= 11 is 1.69. The van der Waals surface area contributed by atoms with Crippen LogP contribution in [0.4, 0.5) is 5.82 Å². The zero-order chi connectivity index (χ0) is 14.4. The van der Waals surface area contributed by atoms with Crippen LogP contribution in [0.1, 0.15) is 36.5 Å². The quantitative estimate of drug-likeness (QED) is 0.842. The highest BCUT2D eigenvalue weighted by molar-refractivity contribution is 7.09. The Morgan fingerprint density at radius 3 is 2.80 bits per heavy atom. The van der Waals surface area contributed by atoms with Crippen molar-refractivity contribution < 1.29 is 4.74 Å². The average Bonchev–Trinajstić information content (AvgIpc) is 2.98. The summed E-state index contributed by atoms with van der Waals surface area (Å²) in [5.74, 6) is 2.39. The molecule has 0 fully saturated rings. The molecule has 0 aromatic carbocycles. The van der Waals surface area contributed by atoms with Crippen LogP contribution in [0.25, 0.3) is 0 Å². The maximum Gasteiger partial charge on any atom is 0.222 e. The average molecular weight is 291 g/mol. The van der Waals surface area contributed by atoms with Gasteiger partial charge in [0.05, 0.1) is 5.56 Å². The standard InChI is InChI=1S/C15H21N3OS/c1-4-8-16-14-11(3)15(18-13(5-2)17-14)19-10-12-7-6-9-20-12/h6-7,9H,4-5,8,10H2,1-3H3,(H,16,17,18). The van der Waals surface area contributed by atoms with E-state index in [0.717, 1.165) is 36.6 Å². The molecule has 0 aliphatic rings. The van der Waals surface area contributed by atoms with Crippen LogP contribution in [-0.2, 0) is 13.0 Å². The fourth-order valence-electron chi connectivity index (χ4n) is 1.79. The third-order valence-corrected chi connectivity index (χ3v) is 3.79. The van der Waals surface area contributed by atoms with Gasteiger partial charge >= 0.3 is 0 Å². The van der Waals surface area contributed by atoms with Gasteiger partial charge in [0.15, 0.2) is 0 Å². The lowest BCUT2D eigenvalue weighted by Crippen LogP contribution is -2.09. The molecule has 0 aliphatic carbocycles. The Labute approximate surface area is 124 Å². The van der Waals surface area contributed by atoms with Gasteiger partial charge in [-0.25, -0.2) is 4.98 Å². The molecule has 0 saturated carbocycles. The fraction of sp³-hybridized carbons (Fsp3) is 0.467. The van der Waals surface area contributed by atoms with Crippen LogP contribution in [0, 0.1) is 6.92 Å². The van der Waals surface area contributed by atoms with Crippen LogP contribution in [-0.4, -0.2) is 16.5 Å². The molecule has 0 amide bonds. The second-order valence-electron chi connectivity index (χ2n) is 4.57. The lowest BCUT2D eigenvalue weighted by atomic mass is 10.3. The van der Waals surface area contributed by atoms with Gasteiger partial charge < -0.3 is 10.1 Å². The van der Waals surface area contributed by atoms with Gasteiger partial charge in [0.1, 0.15) is 18.2 Å². The minimum Gasteiger partial charge on any atom is -0.472 e. The Hall–Kier alpha value is -1.62. The smallest absolute Gasteiger partial charge is 0.222 e. The first-order valence-corrected chi connectivity index (χ1v) is 7.89. The van der Waals surface area contributed by atoms with Gasteiger partial charge in [-0.1, -0.05) is 19.9 Å². The maximum atomic E-state index is 5.86. The molecule has 0 aliphatic heterocycles. The molecule has 0 saturated heterocycles. The number of rotatable bonds is 7. The zero-order valence-electron chi connectivity index (χ0n) is 12.3. The van der Waals surface area contributed by atoms with Crippen molar-refractivity contribution in [2.24, 2.45) is 0 Å². The van der Waals surface area contributed by atoms with E-state index in [9.17, 15) is 0 Å². The van der Waals surface area contributed by atoms with E-state index < -0.39 is 0 Å². The normalized spacial score (nSPS) is 10.6. The predicted octanol–water partition coefficient (Wildman–Crippen LogP) is 3.81. The lowest BCUT2D eigenvalue weighted by Gasteiger charge is -2.13. The number of nitrogens with zero attached hydrogens (tertiary/aromatic N) is 2. The van der Waals surface area contributed by atoms with Gasteiger partial charge in [-0.2, -0.15) is 4.98 Å². The van der Waals surface area contributed by atoms with E-state index in [2.05, 4.69) is 40.6 Å². The van der Waals surface area contributed by atoms with Crippen molar-refractivity contribution in [1.29, 1.82) is 0 Å². The van der Waals surface area contributed by atoms with Gasteiger partial charge in [-0.05, 0) is 24.8 Å². The zero-order valence-corrected chi connectivity index (χ0v) is 13.1. The van der Waals surface area contributed by atoms with Crippen LogP contribution < -0.4 is 10.1 Å². The fourth-order valence-corrected chi connectivity index (χ4v) is 2.40. The number of ether oxygens (including phenoxy) is 1. The number of hydrogen-bond donors (Lipinski definition) is 1. The molecule has 0 spiro atoms. The molecule has 4 nitrogen and oxygen atoms in total. The summed E-state index contributed by atoms with van der Waals surface area (Å²) in [5.41, 5.74) is 0.979. The van der Waals surface area contributed by atoms with Crippen LogP contribution in [0.5, 0.6) is 5.88 Å². The third kappa shape index (κ3) is 3.70. The van der Waals surface area contributed by atoms with Crippen molar-refractivity contribution in [1.82, 2.24) is 9.97 Å². The van der Waals surface area contributed by atoms with E-state index in [4.69, 9.17) is 4.74 Å². The van der Waals surface area contributed by atoms with E-state index >= 15 is 0 Å². The molecule has 0 atom stereocenters. The van der Waals surface area contributed by atoms with E-state index in [-0.39, 0.29) is 0 Å². The van der Waals surface area contributed by atoms with Gasteiger partial charge in [-0.15, -0.1) is 11.3 Å². The Morgan fingerprint density at radius 2 is 2.15 bits per heavy atom. The highest BCUT2D eigenvalue weighted by atomic mass is 32.1. The molecule has 20 heavy (non-hydrogen) atoms. The molecular weight excluding hydrogens is 270 g/mol. The minimum atomic E-state index is 0.561. The first-order valence-electron chi connectivity index (χ1n) is 7.01. The third-order valence-electron chi connectivity index (χ3n) is 2.94. The Balaban J connectivity index is 2.17. The maximum absolute atomic E-state index is 5.86. The molecule has 5 heteroatoms. The summed E-state index contributed by atoms with van der Waals surface area (Å²) < 4.78 is 5.86. The monoisotopic (exact) mass is 291 g/mol. The van der Waals surface area contributed by atoms with Crippen molar-refractivity contribution in [2.45, 2.75) is 40.2 Å². The number of aryl methyl sites for hydroxylation is 1. The Bertz CT molecular complexity index is 540. The van der Waals surface area contributed by atoms with Crippen molar-refractivity contribution in [2.75, 3.05) is 11.9 Å². The van der Waals surface area contributed by atoms with Gasteiger partial charge in [0, 0.05) is 17.8 Å². The van der Waals surface area contributed by atoms with Crippen LogP contribution in [0.2, 0.25) is 0 Å². The molecule has 0 bridgehead atoms. The van der Waals surface area contributed by atoms with Gasteiger partial charge in [-0.3, -0.25) is 0 Å². The molecule has 0 unspecified atom stereocenters. The highest BCUT2D eigenvalue weighted by Crippen LogP contribution is 2.23. The summed E-state index contributed by atoms with van der Waals surface area (Å²) in [7, 11) is 0. The van der Waals surface area contributed by atoms with E-state index in [1.807, 2.05) is 13.0 Å². The molecule has 1 N–H and O–H groups in total. The predicted molar refractivity (Wildman–Crippen MR) is 83.6 cm³/mol. The topological polar surface area (TPSA) is 47.0 Å². The first-order chi connectivity index (χ1) is 9.74. The van der Waals surface area contributed by atoms with Crippen molar-refractivity contribution in [3.8, 4) is 5.88 Å². The largest absolute Gasteiger partial charge is 0.472 e. The van der Waals surface area contributed by atoms with Crippen LogP contribution >= 0.6 is 11.3 Å². The van der Waals surface area contributed by atoms with Gasteiger partial charge in [0.25, 0.3) is 0 Å². The van der Waals surface area contributed by atoms with Crippen molar-refractivity contribution in [3.05, 3.63) is 33.8 Å². The Kier molecular flexibility index (Phi) is 5.35. The molecule has 2 aromatic rings. The molecule has 2 heterocycles. The summed E-state index contributed by atoms with van der Waals surface area (Å²) in [6.45, 7) is 7.66. The molecule has 0 radical (unpaired) electrons.